The molecule has 0 saturated carbocycles. The van der Waals surface area contributed by atoms with Crippen molar-refractivity contribution in [2.75, 3.05) is 19.8 Å². The predicted molar refractivity (Wildman–Crippen MR) is 66.7 cm³/mol. The number of hydrogen-bond acceptors (Lipinski definition) is 4. The quantitative estimate of drug-likeness (QED) is 0.780. The number of aliphatic carboxylic acids is 1. The standard InChI is InChI=1S/C13H21NO5/c1-9-10(3-2-5-19-9)12(17)14-13(7-11(15)16)4-6-18-8-13/h9-10H,2-8H2,1H3,(H,14,17)(H,15,16). The van der Waals surface area contributed by atoms with Crippen LogP contribution in [-0.4, -0.2) is 48.4 Å². The average Bonchev–Trinajstić information content (AvgIpc) is 2.76. The van der Waals surface area contributed by atoms with E-state index < -0.39 is 11.5 Å². The monoisotopic (exact) mass is 271 g/mol. The van der Waals surface area contributed by atoms with Gasteiger partial charge in [-0.15, -0.1) is 0 Å². The van der Waals surface area contributed by atoms with Crippen LogP contribution in [0.3, 0.4) is 0 Å². The summed E-state index contributed by atoms with van der Waals surface area (Å²) in [4.78, 5) is 23.3. The number of carbonyl (C=O) groups is 2. The molecule has 0 aliphatic carbocycles. The van der Waals surface area contributed by atoms with Gasteiger partial charge in [0.2, 0.25) is 5.91 Å². The number of hydrogen-bond donors (Lipinski definition) is 2. The van der Waals surface area contributed by atoms with E-state index in [1.807, 2.05) is 6.92 Å². The van der Waals surface area contributed by atoms with E-state index in [0.29, 0.717) is 19.6 Å². The molecule has 2 aliphatic heterocycles. The zero-order valence-electron chi connectivity index (χ0n) is 11.2. The maximum absolute atomic E-state index is 12.3. The molecule has 2 rings (SSSR count). The van der Waals surface area contributed by atoms with Crippen molar-refractivity contribution in [2.45, 2.75) is 44.2 Å². The number of ether oxygens (including phenoxy) is 2. The molecule has 19 heavy (non-hydrogen) atoms. The minimum Gasteiger partial charge on any atom is -0.481 e. The van der Waals surface area contributed by atoms with E-state index >= 15 is 0 Å². The molecule has 2 heterocycles. The van der Waals surface area contributed by atoms with Crippen LogP contribution in [0.15, 0.2) is 0 Å². The summed E-state index contributed by atoms with van der Waals surface area (Å²) in [5.41, 5.74) is -0.750. The minimum atomic E-state index is -0.918. The van der Waals surface area contributed by atoms with Gasteiger partial charge in [0.25, 0.3) is 0 Å². The van der Waals surface area contributed by atoms with Gasteiger partial charge in [0.1, 0.15) is 0 Å². The molecule has 0 spiro atoms. The lowest BCUT2D eigenvalue weighted by molar-refractivity contribution is -0.140. The Morgan fingerprint density at radius 2 is 2.21 bits per heavy atom. The molecule has 0 aromatic carbocycles. The van der Waals surface area contributed by atoms with E-state index in [2.05, 4.69) is 5.32 Å². The van der Waals surface area contributed by atoms with Crippen LogP contribution in [-0.2, 0) is 19.1 Å². The first-order chi connectivity index (χ1) is 9.02. The topological polar surface area (TPSA) is 84.9 Å². The normalized spacial score (nSPS) is 35.0. The summed E-state index contributed by atoms with van der Waals surface area (Å²) >= 11 is 0. The molecule has 0 radical (unpaired) electrons. The van der Waals surface area contributed by atoms with E-state index in [9.17, 15) is 9.59 Å². The Morgan fingerprint density at radius 3 is 2.79 bits per heavy atom. The zero-order valence-corrected chi connectivity index (χ0v) is 11.2. The summed E-state index contributed by atoms with van der Waals surface area (Å²) in [5.74, 6) is -1.22. The first-order valence-electron chi connectivity index (χ1n) is 6.76. The molecule has 0 bridgehead atoms. The van der Waals surface area contributed by atoms with Gasteiger partial charge in [-0.1, -0.05) is 0 Å². The summed E-state index contributed by atoms with van der Waals surface area (Å²) in [6, 6.07) is 0. The van der Waals surface area contributed by atoms with E-state index in [0.717, 1.165) is 12.8 Å². The van der Waals surface area contributed by atoms with Crippen LogP contribution < -0.4 is 5.32 Å². The fourth-order valence-electron chi connectivity index (χ4n) is 2.80. The molecular formula is C13H21NO5. The van der Waals surface area contributed by atoms with E-state index in [4.69, 9.17) is 14.6 Å². The summed E-state index contributed by atoms with van der Waals surface area (Å²) in [7, 11) is 0. The Kier molecular flexibility index (Phi) is 4.42. The van der Waals surface area contributed by atoms with E-state index in [1.54, 1.807) is 0 Å². The second-order valence-electron chi connectivity index (χ2n) is 5.47. The minimum absolute atomic E-state index is 0.0965. The van der Waals surface area contributed by atoms with Crippen LogP contribution in [0, 0.1) is 5.92 Å². The molecule has 6 nitrogen and oxygen atoms in total. The van der Waals surface area contributed by atoms with Gasteiger partial charge in [0.15, 0.2) is 0 Å². The highest BCUT2D eigenvalue weighted by atomic mass is 16.5. The number of rotatable bonds is 4. The molecule has 2 aliphatic rings. The highest BCUT2D eigenvalue weighted by Crippen LogP contribution is 2.26. The van der Waals surface area contributed by atoms with Crippen molar-refractivity contribution in [2.24, 2.45) is 5.92 Å². The summed E-state index contributed by atoms with van der Waals surface area (Å²) in [6.45, 7) is 3.34. The maximum atomic E-state index is 12.3. The lowest BCUT2D eigenvalue weighted by atomic mass is 9.90. The average molecular weight is 271 g/mol. The smallest absolute Gasteiger partial charge is 0.305 e. The Hall–Kier alpha value is -1.14. The van der Waals surface area contributed by atoms with Crippen molar-refractivity contribution in [3.63, 3.8) is 0 Å². The first kappa shape index (κ1) is 14.3. The number of carboxylic acids is 1. The van der Waals surface area contributed by atoms with Gasteiger partial charge in [-0.3, -0.25) is 9.59 Å². The summed E-state index contributed by atoms with van der Waals surface area (Å²) in [5, 5.41) is 11.9. The highest BCUT2D eigenvalue weighted by Gasteiger charge is 2.41. The molecular weight excluding hydrogens is 250 g/mol. The number of carbonyl (C=O) groups excluding carboxylic acids is 1. The number of nitrogens with one attached hydrogen (secondary N) is 1. The number of amides is 1. The molecule has 2 N–H and O–H groups in total. The van der Waals surface area contributed by atoms with Crippen molar-refractivity contribution >= 4 is 11.9 Å². The predicted octanol–water partition coefficient (Wildman–Crippen LogP) is 0.551. The third kappa shape index (κ3) is 3.45. The van der Waals surface area contributed by atoms with Crippen LogP contribution >= 0.6 is 0 Å². The lowest BCUT2D eigenvalue weighted by Crippen LogP contribution is -2.54. The molecule has 0 aromatic heterocycles. The first-order valence-corrected chi connectivity index (χ1v) is 6.76. The summed E-state index contributed by atoms with van der Waals surface area (Å²) in [6.07, 6.45) is 1.99. The fourth-order valence-corrected chi connectivity index (χ4v) is 2.80. The molecule has 2 saturated heterocycles. The SMILES string of the molecule is CC1OCCCC1C(=O)NC1(CC(=O)O)CCOC1. The van der Waals surface area contributed by atoms with Gasteiger partial charge in [0.05, 0.1) is 30.6 Å². The Labute approximate surface area is 112 Å². The van der Waals surface area contributed by atoms with Gasteiger partial charge in [-0.25, -0.2) is 0 Å². The van der Waals surface area contributed by atoms with Crippen LogP contribution in [0.5, 0.6) is 0 Å². The largest absolute Gasteiger partial charge is 0.481 e. The van der Waals surface area contributed by atoms with Crippen LogP contribution in [0.2, 0.25) is 0 Å². The van der Waals surface area contributed by atoms with Gasteiger partial charge >= 0.3 is 5.97 Å². The van der Waals surface area contributed by atoms with E-state index in [-0.39, 0.29) is 31.0 Å². The third-order valence-electron chi connectivity index (χ3n) is 3.92. The second-order valence-corrected chi connectivity index (χ2v) is 5.47. The maximum Gasteiger partial charge on any atom is 0.305 e. The van der Waals surface area contributed by atoms with Crippen molar-refractivity contribution in [1.29, 1.82) is 0 Å². The molecule has 1 amide bonds. The lowest BCUT2D eigenvalue weighted by Gasteiger charge is -2.33. The third-order valence-corrected chi connectivity index (χ3v) is 3.92. The van der Waals surface area contributed by atoms with Crippen molar-refractivity contribution in [3.8, 4) is 0 Å². The molecule has 0 aromatic rings. The van der Waals surface area contributed by atoms with Crippen molar-refractivity contribution in [3.05, 3.63) is 0 Å². The second kappa shape index (κ2) is 5.88. The molecule has 2 fully saturated rings. The summed E-state index contributed by atoms with van der Waals surface area (Å²) < 4.78 is 10.7. The van der Waals surface area contributed by atoms with Gasteiger partial charge in [0, 0.05) is 13.2 Å². The number of carboxylic acid groups (broad SMARTS) is 1. The fraction of sp³-hybridized carbons (Fsp3) is 0.846. The van der Waals surface area contributed by atoms with Crippen LogP contribution in [0.1, 0.15) is 32.6 Å². The van der Waals surface area contributed by atoms with Crippen molar-refractivity contribution < 1.29 is 24.2 Å². The zero-order chi connectivity index (χ0) is 13.9. The van der Waals surface area contributed by atoms with Gasteiger partial charge < -0.3 is 19.9 Å². The highest BCUT2D eigenvalue weighted by molar-refractivity contribution is 5.81. The van der Waals surface area contributed by atoms with Crippen LogP contribution in [0.4, 0.5) is 0 Å². The Balaban J connectivity index is 2.00. The molecule has 3 unspecified atom stereocenters. The Morgan fingerprint density at radius 1 is 1.42 bits per heavy atom. The van der Waals surface area contributed by atoms with Crippen molar-refractivity contribution in [1.82, 2.24) is 5.32 Å². The van der Waals surface area contributed by atoms with Crippen LogP contribution in [0.25, 0.3) is 0 Å². The van der Waals surface area contributed by atoms with E-state index in [1.165, 1.54) is 0 Å². The molecule has 6 heteroatoms. The molecule has 108 valence electrons. The van der Waals surface area contributed by atoms with Gasteiger partial charge in [-0.05, 0) is 26.2 Å². The van der Waals surface area contributed by atoms with Gasteiger partial charge in [-0.2, -0.15) is 0 Å². The molecule has 3 atom stereocenters. The Bertz CT molecular complexity index is 351.